The first-order valence-electron chi connectivity index (χ1n) is 8.70. The van der Waals surface area contributed by atoms with Crippen LogP contribution in [-0.4, -0.2) is 40.2 Å². The Morgan fingerprint density at radius 2 is 1.83 bits per heavy atom. The molecule has 0 aromatic heterocycles. The van der Waals surface area contributed by atoms with Gasteiger partial charge in [-0.05, 0) is 48.0 Å². The number of carbonyl (C=O) groups excluding carboxylic acids is 2. The largest absolute Gasteiger partial charge is 0.497 e. The van der Waals surface area contributed by atoms with E-state index < -0.39 is 28.1 Å². The maximum atomic E-state index is 12.5. The van der Waals surface area contributed by atoms with Gasteiger partial charge in [0, 0.05) is 18.2 Å². The van der Waals surface area contributed by atoms with Crippen molar-refractivity contribution in [3.63, 3.8) is 0 Å². The summed E-state index contributed by atoms with van der Waals surface area (Å²) in [6.45, 7) is 0.237. The van der Waals surface area contributed by atoms with Crippen LogP contribution in [0.2, 0.25) is 0 Å². The summed E-state index contributed by atoms with van der Waals surface area (Å²) in [6, 6.07) is 12.4. The predicted octanol–water partition coefficient (Wildman–Crippen LogP) is 2.37. The highest BCUT2D eigenvalue weighted by atomic mass is 32.2. The standard InChI is InChI=1S/C20H19NO7S/c1-26-16-7-5-15(6-8-16)21-29(24,25)17-9-2-14(3-10-17)4-11-19(22)28-18-12-13-27-20(18)23/h2-11,18,21H,12-13H2,1H3/b11-4+/t18-/m1/s1. The number of nitrogens with one attached hydrogen (secondary N) is 1. The number of esters is 2. The van der Waals surface area contributed by atoms with Crippen LogP contribution in [0.15, 0.2) is 59.5 Å². The molecule has 0 aliphatic carbocycles. The molecular weight excluding hydrogens is 398 g/mol. The molecule has 2 aromatic rings. The average molecular weight is 417 g/mol. The number of benzene rings is 2. The van der Waals surface area contributed by atoms with Gasteiger partial charge in [-0.25, -0.2) is 18.0 Å². The van der Waals surface area contributed by atoms with Gasteiger partial charge in [0.05, 0.1) is 18.6 Å². The molecule has 0 amide bonds. The first-order valence-corrected chi connectivity index (χ1v) is 10.2. The zero-order valence-corrected chi connectivity index (χ0v) is 16.3. The molecule has 1 heterocycles. The normalized spacial score (nSPS) is 16.4. The Bertz CT molecular complexity index is 1010. The first kappa shape index (κ1) is 20.4. The SMILES string of the molecule is COc1ccc(NS(=O)(=O)c2ccc(/C=C/C(=O)O[C@@H]3CCOC3=O)cc2)cc1. The quantitative estimate of drug-likeness (QED) is 0.544. The van der Waals surface area contributed by atoms with Crippen molar-refractivity contribution in [2.75, 3.05) is 18.4 Å². The fourth-order valence-electron chi connectivity index (χ4n) is 2.56. The molecule has 2 aromatic carbocycles. The molecule has 8 nitrogen and oxygen atoms in total. The van der Waals surface area contributed by atoms with Crippen LogP contribution in [-0.2, 0) is 29.1 Å². The molecule has 1 aliphatic heterocycles. The van der Waals surface area contributed by atoms with Crippen LogP contribution in [0.4, 0.5) is 5.69 Å². The lowest BCUT2D eigenvalue weighted by Gasteiger charge is -2.09. The van der Waals surface area contributed by atoms with Gasteiger partial charge in [-0.3, -0.25) is 4.72 Å². The van der Waals surface area contributed by atoms with E-state index in [2.05, 4.69) is 4.72 Å². The van der Waals surface area contributed by atoms with Crippen molar-refractivity contribution < 1.29 is 32.2 Å². The van der Waals surface area contributed by atoms with E-state index in [1.165, 1.54) is 31.4 Å². The van der Waals surface area contributed by atoms with E-state index in [-0.39, 0.29) is 11.5 Å². The maximum absolute atomic E-state index is 12.5. The monoisotopic (exact) mass is 417 g/mol. The number of anilines is 1. The van der Waals surface area contributed by atoms with Crippen LogP contribution in [0.25, 0.3) is 6.08 Å². The third-order valence-corrected chi connectivity index (χ3v) is 5.49. The molecule has 3 rings (SSSR count). The highest BCUT2D eigenvalue weighted by Gasteiger charge is 2.29. The molecular formula is C20H19NO7S. The summed E-state index contributed by atoms with van der Waals surface area (Å²) in [6.07, 6.45) is 2.11. The topological polar surface area (TPSA) is 108 Å². The molecule has 0 bridgehead atoms. The van der Waals surface area contributed by atoms with Crippen LogP contribution < -0.4 is 9.46 Å². The zero-order chi connectivity index (χ0) is 20.9. The minimum Gasteiger partial charge on any atom is -0.497 e. The van der Waals surface area contributed by atoms with Gasteiger partial charge in [0.15, 0.2) is 0 Å². The van der Waals surface area contributed by atoms with Gasteiger partial charge in [0.1, 0.15) is 5.75 Å². The number of cyclic esters (lactones) is 1. The van der Waals surface area contributed by atoms with E-state index in [0.29, 0.717) is 23.4 Å². The summed E-state index contributed by atoms with van der Waals surface area (Å²) >= 11 is 0. The number of ether oxygens (including phenoxy) is 3. The van der Waals surface area contributed by atoms with Gasteiger partial charge < -0.3 is 14.2 Å². The lowest BCUT2D eigenvalue weighted by atomic mass is 10.2. The van der Waals surface area contributed by atoms with E-state index in [1.807, 2.05) is 0 Å². The molecule has 29 heavy (non-hydrogen) atoms. The van der Waals surface area contributed by atoms with Gasteiger partial charge in [-0.15, -0.1) is 0 Å². The number of carbonyl (C=O) groups is 2. The van der Waals surface area contributed by atoms with Gasteiger partial charge in [-0.1, -0.05) is 12.1 Å². The molecule has 9 heteroatoms. The zero-order valence-electron chi connectivity index (χ0n) is 15.5. The van der Waals surface area contributed by atoms with Gasteiger partial charge >= 0.3 is 11.9 Å². The van der Waals surface area contributed by atoms with Crippen molar-refractivity contribution in [1.82, 2.24) is 0 Å². The molecule has 152 valence electrons. The van der Waals surface area contributed by atoms with E-state index in [9.17, 15) is 18.0 Å². The van der Waals surface area contributed by atoms with Crippen LogP contribution in [0.5, 0.6) is 5.75 Å². The minimum atomic E-state index is -3.76. The molecule has 1 aliphatic rings. The first-order chi connectivity index (χ1) is 13.9. The summed E-state index contributed by atoms with van der Waals surface area (Å²) in [7, 11) is -2.24. The summed E-state index contributed by atoms with van der Waals surface area (Å²) in [5.74, 6) is -0.607. The third kappa shape index (κ3) is 5.35. The lowest BCUT2D eigenvalue weighted by Crippen LogP contribution is -2.21. The van der Waals surface area contributed by atoms with Crippen molar-refractivity contribution in [1.29, 1.82) is 0 Å². The molecule has 1 atom stereocenters. The van der Waals surface area contributed by atoms with E-state index in [1.54, 1.807) is 36.4 Å². The van der Waals surface area contributed by atoms with Gasteiger partial charge in [0.25, 0.3) is 10.0 Å². The van der Waals surface area contributed by atoms with Crippen molar-refractivity contribution in [3.8, 4) is 5.75 Å². The van der Waals surface area contributed by atoms with E-state index in [4.69, 9.17) is 14.2 Å². The lowest BCUT2D eigenvalue weighted by molar-refractivity contribution is -0.156. The Morgan fingerprint density at radius 1 is 1.14 bits per heavy atom. The van der Waals surface area contributed by atoms with Crippen LogP contribution in [0.1, 0.15) is 12.0 Å². The maximum Gasteiger partial charge on any atom is 0.347 e. The Hall–Kier alpha value is -3.33. The highest BCUT2D eigenvalue weighted by Crippen LogP contribution is 2.20. The fraction of sp³-hybridized carbons (Fsp3) is 0.200. The van der Waals surface area contributed by atoms with E-state index in [0.717, 1.165) is 0 Å². The average Bonchev–Trinajstić information content (AvgIpc) is 3.11. The number of sulfonamides is 1. The smallest absolute Gasteiger partial charge is 0.347 e. The number of hydrogen-bond donors (Lipinski definition) is 1. The Kier molecular flexibility index (Phi) is 6.18. The molecule has 0 radical (unpaired) electrons. The number of hydrogen-bond acceptors (Lipinski definition) is 7. The van der Waals surface area contributed by atoms with Gasteiger partial charge in [-0.2, -0.15) is 0 Å². The molecule has 1 saturated heterocycles. The second kappa shape index (κ2) is 8.78. The van der Waals surface area contributed by atoms with Crippen molar-refractivity contribution in [2.24, 2.45) is 0 Å². The summed E-state index contributed by atoms with van der Waals surface area (Å²) in [5.41, 5.74) is 1.00. The predicted molar refractivity (Wildman–Crippen MR) is 105 cm³/mol. The second-order valence-corrected chi connectivity index (χ2v) is 7.80. The second-order valence-electron chi connectivity index (χ2n) is 6.12. The van der Waals surface area contributed by atoms with Crippen LogP contribution >= 0.6 is 0 Å². The summed E-state index contributed by atoms with van der Waals surface area (Å²) in [5, 5.41) is 0. The highest BCUT2D eigenvalue weighted by molar-refractivity contribution is 7.92. The van der Waals surface area contributed by atoms with Crippen molar-refractivity contribution in [2.45, 2.75) is 17.4 Å². The Labute approximate surface area is 168 Å². The molecule has 0 saturated carbocycles. The molecule has 1 fully saturated rings. The third-order valence-electron chi connectivity index (χ3n) is 4.09. The molecule has 0 unspecified atom stereocenters. The van der Waals surface area contributed by atoms with Crippen molar-refractivity contribution >= 4 is 33.7 Å². The fourth-order valence-corrected chi connectivity index (χ4v) is 3.62. The number of rotatable bonds is 7. The molecule has 0 spiro atoms. The Balaban J connectivity index is 1.62. The van der Waals surface area contributed by atoms with Crippen LogP contribution in [0.3, 0.4) is 0 Å². The van der Waals surface area contributed by atoms with Gasteiger partial charge in [0.2, 0.25) is 6.10 Å². The van der Waals surface area contributed by atoms with E-state index >= 15 is 0 Å². The van der Waals surface area contributed by atoms with Crippen molar-refractivity contribution in [3.05, 3.63) is 60.2 Å². The molecule has 1 N–H and O–H groups in total. The van der Waals surface area contributed by atoms with Crippen LogP contribution in [0, 0.1) is 0 Å². The number of methoxy groups -OCH3 is 1. The Morgan fingerprint density at radius 3 is 2.41 bits per heavy atom. The summed E-state index contributed by atoms with van der Waals surface area (Å²) in [4.78, 5) is 23.1. The minimum absolute atomic E-state index is 0.0711. The summed E-state index contributed by atoms with van der Waals surface area (Å²) < 4.78 is 42.2.